The molecule has 2 aromatic rings. The SMILES string of the molecule is O=CNC=Cc1ccc(O)c2ccccc12. The Morgan fingerprint density at radius 1 is 1.06 bits per heavy atom. The average molecular weight is 213 g/mol. The second-order valence-electron chi connectivity index (χ2n) is 3.34. The third-order valence-corrected chi connectivity index (χ3v) is 2.36. The van der Waals surface area contributed by atoms with Gasteiger partial charge >= 0.3 is 0 Å². The molecule has 0 unspecified atom stereocenters. The fraction of sp³-hybridized carbons (Fsp3) is 0. The van der Waals surface area contributed by atoms with Crippen molar-refractivity contribution in [2.24, 2.45) is 0 Å². The van der Waals surface area contributed by atoms with E-state index >= 15 is 0 Å². The zero-order valence-corrected chi connectivity index (χ0v) is 8.55. The molecular formula is C13H11NO2. The zero-order valence-electron chi connectivity index (χ0n) is 8.55. The van der Waals surface area contributed by atoms with Gasteiger partial charge in [0.15, 0.2) is 0 Å². The predicted octanol–water partition coefficient (Wildman–Crippen LogP) is 2.26. The monoisotopic (exact) mass is 213 g/mol. The number of amides is 1. The minimum absolute atomic E-state index is 0.260. The minimum atomic E-state index is 0.260. The molecule has 0 aliphatic rings. The first-order valence-electron chi connectivity index (χ1n) is 4.90. The number of rotatable bonds is 3. The summed E-state index contributed by atoms with van der Waals surface area (Å²) in [5.74, 6) is 0.260. The number of benzene rings is 2. The molecule has 2 rings (SSSR count). The van der Waals surface area contributed by atoms with Crippen LogP contribution in [0.5, 0.6) is 5.75 Å². The highest BCUT2D eigenvalue weighted by Gasteiger charge is 2.01. The van der Waals surface area contributed by atoms with Gasteiger partial charge in [0.1, 0.15) is 5.75 Å². The van der Waals surface area contributed by atoms with Gasteiger partial charge in [-0.1, -0.05) is 30.3 Å². The van der Waals surface area contributed by atoms with Crippen molar-refractivity contribution in [3.8, 4) is 5.75 Å². The van der Waals surface area contributed by atoms with Gasteiger partial charge in [0.05, 0.1) is 0 Å². The second-order valence-corrected chi connectivity index (χ2v) is 3.34. The Morgan fingerprint density at radius 3 is 2.56 bits per heavy atom. The van der Waals surface area contributed by atoms with Gasteiger partial charge in [-0.2, -0.15) is 0 Å². The van der Waals surface area contributed by atoms with E-state index in [1.165, 1.54) is 0 Å². The molecule has 0 heterocycles. The Morgan fingerprint density at radius 2 is 1.81 bits per heavy atom. The number of carbonyl (C=O) groups is 1. The van der Waals surface area contributed by atoms with Gasteiger partial charge in [-0.05, 0) is 23.1 Å². The Bertz CT molecular complexity index is 547. The molecule has 0 saturated carbocycles. The number of hydrogen-bond donors (Lipinski definition) is 2. The topological polar surface area (TPSA) is 49.3 Å². The van der Waals surface area contributed by atoms with E-state index < -0.39 is 0 Å². The van der Waals surface area contributed by atoms with E-state index in [9.17, 15) is 9.90 Å². The number of fused-ring (bicyclic) bond motifs is 1. The van der Waals surface area contributed by atoms with E-state index in [0.29, 0.717) is 6.41 Å². The van der Waals surface area contributed by atoms with Gasteiger partial charge in [0.25, 0.3) is 0 Å². The third-order valence-electron chi connectivity index (χ3n) is 2.36. The largest absolute Gasteiger partial charge is 0.507 e. The van der Waals surface area contributed by atoms with Gasteiger partial charge in [0.2, 0.25) is 6.41 Å². The number of carbonyl (C=O) groups excluding carboxylic acids is 1. The van der Waals surface area contributed by atoms with Crippen LogP contribution >= 0.6 is 0 Å². The molecule has 0 atom stereocenters. The van der Waals surface area contributed by atoms with Crippen LogP contribution in [0.3, 0.4) is 0 Å². The highest BCUT2D eigenvalue weighted by Crippen LogP contribution is 2.27. The lowest BCUT2D eigenvalue weighted by molar-refractivity contribution is -0.108. The number of nitrogens with one attached hydrogen (secondary N) is 1. The highest BCUT2D eigenvalue weighted by molar-refractivity contribution is 5.94. The van der Waals surface area contributed by atoms with Crippen molar-refractivity contribution in [3.63, 3.8) is 0 Å². The van der Waals surface area contributed by atoms with Crippen molar-refractivity contribution in [3.05, 3.63) is 48.2 Å². The first-order valence-corrected chi connectivity index (χ1v) is 4.90. The maximum absolute atomic E-state index is 10.1. The van der Waals surface area contributed by atoms with Crippen molar-refractivity contribution in [2.75, 3.05) is 0 Å². The Labute approximate surface area is 93.0 Å². The molecule has 0 aliphatic carbocycles. The summed E-state index contributed by atoms with van der Waals surface area (Å²) in [5, 5.41) is 13.9. The molecule has 0 aromatic heterocycles. The normalized spacial score (nSPS) is 10.8. The van der Waals surface area contributed by atoms with E-state index in [4.69, 9.17) is 0 Å². The van der Waals surface area contributed by atoms with Crippen LogP contribution in [-0.2, 0) is 4.79 Å². The average Bonchev–Trinajstić information content (AvgIpc) is 2.33. The molecule has 0 radical (unpaired) electrons. The van der Waals surface area contributed by atoms with Crippen molar-refractivity contribution in [2.45, 2.75) is 0 Å². The van der Waals surface area contributed by atoms with Crippen LogP contribution in [0.4, 0.5) is 0 Å². The van der Waals surface area contributed by atoms with Crippen LogP contribution < -0.4 is 5.32 Å². The molecule has 16 heavy (non-hydrogen) atoms. The molecule has 3 heteroatoms. The maximum atomic E-state index is 10.1. The summed E-state index contributed by atoms with van der Waals surface area (Å²) in [5.41, 5.74) is 0.947. The van der Waals surface area contributed by atoms with E-state index in [-0.39, 0.29) is 5.75 Å². The first-order chi connectivity index (χ1) is 7.83. The summed E-state index contributed by atoms with van der Waals surface area (Å²) in [6.45, 7) is 0. The molecule has 2 N–H and O–H groups in total. The summed E-state index contributed by atoms with van der Waals surface area (Å²) >= 11 is 0. The smallest absolute Gasteiger partial charge is 0.211 e. The Balaban J connectivity index is 2.54. The highest BCUT2D eigenvalue weighted by atomic mass is 16.3. The number of phenols is 1. The molecule has 2 aromatic carbocycles. The third kappa shape index (κ3) is 1.88. The van der Waals surface area contributed by atoms with Gasteiger partial charge < -0.3 is 10.4 Å². The fourth-order valence-electron chi connectivity index (χ4n) is 1.63. The number of aromatic hydroxyl groups is 1. The summed E-state index contributed by atoms with van der Waals surface area (Å²) in [6, 6.07) is 11.0. The van der Waals surface area contributed by atoms with Crippen molar-refractivity contribution < 1.29 is 9.90 Å². The molecule has 1 amide bonds. The summed E-state index contributed by atoms with van der Waals surface area (Å²) < 4.78 is 0. The summed E-state index contributed by atoms with van der Waals surface area (Å²) in [4.78, 5) is 10.1. The lowest BCUT2D eigenvalue weighted by Crippen LogP contribution is -1.97. The molecule has 80 valence electrons. The van der Waals surface area contributed by atoms with Crippen molar-refractivity contribution in [1.82, 2.24) is 5.32 Å². The van der Waals surface area contributed by atoms with Gasteiger partial charge in [0, 0.05) is 11.6 Å². The quantitative estimate of drug-likeness (QED) is 0.768. The maximum Gasteiger partial charge on any atom is 0.211 e. The van der Waals surface area contributed by atoms with Crippen LogP contribution in [0.15, 0.2) is 42.6 Å². The fourth-order valence-corrected chi connectivity index (χ4v) is 1.63. The van der Waals surface area contributed by atoms with Crippen molar-refractivity contribution >= 4 is 23.3 Å². The van der Waals surface area contributed by atoms with Gasteiger partial charge in [-0.15, -0.1) is 0 Å². The molecule has 0 fully saturated rings. The van der Waals surface area contributed by atoms with Crippen molar-refractivity contribution in [1.29, 1.82) is 0 Å². The number of phenolic OH excluding ortho intramolecular Hbond substituents is 1. The molecular weight excluding hydrogens is 202 g/mol. The van der Waals surface area contributed by atoms with Crippen LogP contribution in [0.1, 0.15) is 5.56 Å². The lowest BCUT2D eigenvalue weighted by Gasteiger charge is -2.04. The molecule has 0 spiro atoms. The predicted molar refractivity (Wildman–Crippen MR) is 63.8 cm³/mol. The number of hydrogen-bond acceptors (Lipinski definition) is 2. The van der Waals surface area contributed by atoms with Gasteiger partial charge in [-0.3, -0.25) is 4.79 Å². The Hall–Kier alpha value is -2.29. The van der Waals surface area contributed by atoms with Gasteiger partial charge in [-0.25, -0.2) is 0 Å². The van der Waals surface area contributed by atoms with E-state index in [2.05, 4.69) is 5.32 Å². The van der Waals surface area contributed by atoms with Crippen LogP contribution in [0, 0.1) is 0 Å². The van der Waals surface area contributed by atoms with E-state index in [1.807, 2.05) is 24.3 Å². The molecule has 3 nitrogen and oxygen atoms in total. The minimum Gasteiger partial charge on any atom is -0.507 e. The first kappa shape index (κ1) is 10.2. The molecule has 0 bridgehead atoms. The molecule has 0 aliphatic heterocycles. The standard InChI is InChI=1S/C13H11NO2/c15-9-14-8-7-10-5-6-13(16)12-4-2-1-3-11(10)12/h1-9,16H,(H,14,15). The summed E-state index contributed by atoms with van der Waals surface area (Å²) in [7, 11) is 0. The lowest BCUT2D eigenvalue weighted by atomic mass is 10.0. The summed E-state index contributed by atoms with van der Waals surface area (Å²) in [6.07, 6.45) is 3.96. The second kappa shape index (κ2) is 4.49. The van der Waals surface area contributed by atoms with Crippen LogP contribution in [0.2, 0.25) is 0 Å². The zero-order chi connectivity index (χ0) is 11.4. The van der Waals surface area contributed by atoms with Crippen LogP contribution in [-0.4, -0.2) is 11.5 Å². The van der Waals surface area contributed by atoms with E-state index in [1.54, 1.807) is 24.4 Å². The molecule has 0 saturated heterocycles. The Kier molecular flexibility index (Phi) is 2.87. The van der Waals surface area contributed by atoms with Crippen LogP contribution in [0.25, 0.3) is 16.8 Å². The van der Waals surface area contributed by atoms with E-state index in [0.717, 1.165) is 16.3 Å².